The Morgan fingerprint density at radius 2 is 1.71 bits per heavy atom. The molecule has 1 aliphatic heterocycles. The largest absolute Gasteiger partial charge is 0.389 e. The van der Waals surface area contributed by atoms with Crippen LogP contribution in [-0.2, 0) is 5.41 Å². The molecule has 0 unspecified atom stereocenters. The van der Waals surface area contributed by atoms with Gasteiger partial charge in [0, 0.05) is 36.0 Å². The van der Waals surface area contributed by atoms with Crippen LogP contribution in [0.5, 0.6) is 0 Å². The molecule has 2 aromatic rings. The van der Waals surface area contributed by atoms with Gasteiger partial charge < -0.3 is 10.0 Å². The molecule has 2 nitrogen and oxygen atoms in total. The summed E-state index contributed by atoms with van der Waals surface area (Å²) in [5, 5.41) is 12.0. The standard InChI is InChI=1S/C25H30ClNO/c1-23(2,3)25(28)10-12-27(13-11-25)16-24-15-20(18-6-4-5-7-21(18)24)19-9-8-17(26)14-22(19)24/h4-9,14,20,28H,10-13,15-16H2,1-3H3/t20-,24+/m1/s1. The smallest absolute Gasteiger partial charge is 0.0720 e. The predicted molar refractivity (Wildman–Crippen MR) is 115 cm³/mol. The number of piperidine rings is 1. The SMILES string of the molecule is CC(C)(C)C1(O)CCN(C[C@@]23C[C@H](c4ccccc42)c2ccc(Cl)cc23)CC1. The van der Waals surface area contributed by atoms with E-state index < -0.39 is 5.60 Å². The van der Waals surface area contributed by atoms with Crippen molar-refractivity contribution in [2.24, 2.45) is 5.41 Å². The summed E-state index contributed by atoms with van der Waals surface area (Å²) in [5.41, 5.74) is 5.29. The third-order valence-electron chi connectivity index (χ3n) is 7.88. The fraction of sp³-hybridized carbons (Fsp3) is 0.520. The number of benzene rings is 2. The summed E-state index contributed by atoms with van der Waals surface area (Å²) in [6, 6.07) is 15.5. The van der Waals surface area contributed by atoms with E-state index in [1.165, 1.54) is 22.3 Å². The van der Waals surface area contributed by atoms with Crippen LogP contribution in [0, 0.1) is 5.41 Å². The van der Waals surface area contributed by atoms with Gasteiger partial charge in [0.1, 0.15) is 0 Å². The summed E-state index contributed by atoms with van der Waals surface area (Å²) in [7, 11) is 0. The molecule has 2 bridgehead atoms. The molecular weight excluding hydrogens is 366 g/mol. The first-order valence-corrected chi connectivity index (χ1v) is 11.0. The fourth-order valence-electron chi connectivity index (χ4n) is 6.03. The molecule has 0 saturated carbocycles. The Kier molecular flexibility index (Phi) is 4.05. The maximum absolute atomic E-state index is 11.1. The zero-order chi connectivity index (χ0) is 19.7. The summed E-state index contributed by atoms with van der Waals surface area (Å²) >= 11 is 6.43. The number of nitrogens with zero attached hydrogens (tertiary/aromatic N) is 1. The van der Waals surface area contributed by atoms with E-state index in [4.69, 9.17) is 11.6 Å². The molecule has 0 amide bonds. The molecule has 2 atom stereocenters. The second kappa shape index (κ2) is 6.08. The number of hydrogen-bond donors (Lipinski definition) is 1. The van der Waals surface area contributed by atoms with E-state index in [0.717, 1.165) is 43.9 Å². The Morgan fingerprint density at radius 1 is 1.04 bits per heavy atom. The van der Waals surface area contributed by atoms with Crippen LogP contribution in [0.25, 0.3) is 0 Å². The number of likely N-dealkylation sites (tertiary alicyclic amines) is 1. The number of halogens is 1. The molecule has 2 aliphatic carbocycles. The Hall–Kier alpha value is -1.35. The summed E-state index contributed by atoms with van der Waals surface area (Å²) < 4.78 is 0. The highest BCUT2D eigenvalue weighted by atomic mass is 35.5. The summed E-state index contributed by atoms with van der Waals surface area (Å²) in [6.45, 7) is 9.42. The van der Waals surface area contributed by atoms with Crippen molar-refractivity contribution in [2.75, 3.05) is 19.6 Å². The number of fused-ring (bicyclic) bond motifs is 8. The summed E-state index contributed by atoms with van der Waals surface area (Å²) in [6.07, 6.45) is 2.85. The monoisotopic (exact) mass is 395 g/mol. The van der Waals surface area contributed by atoms with Gasteiger partial charge in [-0.3, -0.25) is 0 Å². The van der Waals surface area contributed by atoms with Crippen LogP contribution in [0.3, 0.4) is 0 Å². The Labute approximate surface area is 173 Å². The van der Waals surface area contributed by atoms with Crippen molar-refractivity contribution in [1.29, 1.82) is 0 Å². The lowest BCUT2D eigenvalue weighted by atomic mass is 9.70. The molecule has 28 heavy (non-hydrogen) atoms. The zero-order valence-electron chi connectivity index (χ0n) is 17.1. The molecule has 1 heterocycles. The number of aliphatic hydroxyl groups is 1. The second-order valence-corrected chi connectivity index (χ2v) is 10.7. The minimum atomic E-state index is -0.561. The van der Waals surface area contributed by atoms with Crippen molar-refractivity contribution in [1.82, 2.24) is 4.90 Å². The van der Waals surface area contributed by atoms with Gasteiger partial charge in [0.15, 0.2) is 0 Å². The van der Waals surface area contributed by atoms with Gasteiger partial charge in [-0.1, -0.05) is 62.7 Å². The van der Waals surface area contributed by atoms with Crippen LogP contribution < -0.4 is 0 Å². The minimum Gasteiger partial charge on any atom is -0.389 e. The van der Waals surface area contributed by atoms with Crippen molar-refractivity contribution in [2.45, 2.75) is 57.0 Å². The van der Waals surface area contributed by atoms with Gasteiger partial charge in [-0.15, -0.1) is 0 Å². The van der Waals surface area contributed by atoms with E-state index >= 15 is 0 Å². The van der Waals surface area contributed by atoms with E-state index in [1.807, 2.05) is 6.07 Å². The third kappa shape index (κ3) is 2.54. The molecule has 1 saturated heterocycles. The number of hydrogen-bond acceptors (Lipinski definition) is 2. The van der Waals surface area contributed by atoms with Crippen molar-refractivity contribution < 1.29 is 5.11 Å². The predicted octanol–water partition coefficient (Wildman–Crippen LogP) is 5.35. The molecule has 3 aliphatic rings. The van der Waals surface area contributed by atoms with E-state index in [-0.39, 0.29) is 10.8 Å². The number of rotatable bonds is 2. The van der Waals surface area contributed by atoms with E-state index in [2.05, 4.69) is 62.1 Å². The maximum atomic E-state index is 11.1. The lowest BCUT2D eigenvalue weighted by molar-refractivity contribution is -0.100. The fourth-order valence-corrected chi connectivity index (χ4v) is 6.20. The topological polar surface area (TPSA) is 23.5 Å². The van der Waals surface area contributed by atoms with E-state index in [9.17, 15) is 5.11 Å². The molecule has 5 rings (SSSR count). The van der Waals surface area contributed by atoms with Crippen molar-refractivity contribution >= 4 is 11.6 Å². The summed E-state index contributed by atoms with van der Waals surface area (Å²) in [5.74, 6) is 0.500. The Bertz CT molecular complexity index is 922. The zero-order valence-corrected chi connectivity index (χ0v) is 17.9. The van der Waals surface area contributed by atoms with Crippen LogP contribution in [0.1, 0.15) is 68.2 Å². The highest BCUT2D eigenvalue weighted by molar-refractivity contribution is 6.30. The molecule has 0 aromatic heterocycles. The third-order valence-corrected chi connectivity index (χ3v) is 8.12. The molecule has 3 heteroatoms. The van der Waals surface area contributed by atoms with Crippen LogP contribution in [-0.4, -0.2) is 35.2 Å². The van der Waals surface area contributed by atoms with Gasteiger partial charge in [0.05, 0.1) is 5.60 Å². The molecule has 0 radical (unpaired) electrons. The van der Waals surface area contributed by atoms with Crippen LogP contribution in [0.4, 0.5) is 0 Å². The first-order valence-electron chi connectivity index (χ1n) is 10.6. The first kappa shape index (κ1) is 18.7. The van der Waals surface area contributed by atoms with E-state index in [1.54, 1.807) is 0 Å². The van der Waals surface area contributed by atoms with E-state index in [0.29, 0.717) is 5.92 Å². The molecule has 148 valence electrons. The average molecular weight is 396 g/mol. The van der Waals surface area contributed by atoms with Gasteiger partial charge in [-0.25, -0.2) is 0 Å². The van der Waals surface area contributed by atoms with Gasteiger partial charge in [0.2, 0.25) is 0 Å². The van der Waals surface area contributed by atoms with Gasteiger partial charge in [-0.05, 0) is 59.1 Å². The van der Waals surface area contributed by atoms with Crippen molar-refractivity contribution in [3.8, 4) is 0 Å². The lowest BCUT2D eigenvalue weighted by Gasteiger charge is -2.48. The lowest BCUT2D eigenvalue weighted by Crippen LogP contribution is -2.53. The molecule has 1 fully saturated rings. The van der Waals surface area contributed by atoms with Gasteiger partial charge >= 0.3 is 0 Å². The second-order valence-electron chi connectivity index (χ2n) is 10.2. The Balaban J connectivity index is 1.49. The quantitative estimate of drug-likeness (QED) is 0.741. The highest BCUT2D eigenvalue weighted by Gasteiger charge is 2.54. The molecular formula is C25H30ClNO. The average Bonchev–Trinajstić information content (AvgIpc) is 3.14. The first-order chi connectivity index (χ1) is 13.2. The normalized spacial score (nSPS) is 28.2. The van der Waals surface area contributed by atoms with Crippen LogP contribution in [0.2, 0.25) is 5.02 Å². The summed E-state index contributed by atoms with van der Waals surface area (Å²) in [4.78, 5) is 2.58. The molecule has 1 N–H and O–H groups in total. The minimum absolute atomic E-state index is 0.0404. The van der Waals surface area contributed by atoms with Crippen LogP contribution >= 0.6 is 11.6 Å². The Morgan fingerprint density at radius 3 is 2.43 bits per heavy atom. The highest BCUT2D eigenvalue weighted by Crippen LogP contribution is 2.60. The molecule has 2 aromatic carbocycles. The van der Waals surface area contributed by atoms with Gasteiger partial charge in [-0.2, -0.15) is 0 Å². The van der Waals surface area contributed by atoms with Crippen molar-refractivity contribution in [3.05, 3.63) is 69.7 Å². The van der Waals surface area contributed by atoms with Gasteiger partial charge in [0.25, 0.3) is 0 Å². The van der Waals surface area contributed by atoms with Crippen molar-refractivity contribution in [3.63, 3.8) is 0 Å². The molecule has 0 spiro atoms. The van der Waals surface area contributed by atoms with Crippen LogP contribution in [0.15, 0.2) is 42.5 Å². The maximum Gasteiger partial charge on any atom is 0.0720 e.